The van der Waals surface area contributed by atoms with Gasteiger partial charge in [-0.05, 0) is 37.3 Å². The minimum Gasteiger partial charge on any atom is -0.347 e. The van der Waals surface area contributed by atoms with Crippen LogP contribution in [0.5, 0.6) is 0 Å². The van der Waals surface area contributed by atoms with E-state index in [1.165, 1.54) is 29.3 Å². The molecule has 0 amide bonds. The molecule has 1 heterocycles. The lowest BCUT2D eigenvalue weighted by molar-refractivity contribution is 0.439. The van der Waals surface area contributed by atoms with E-state index >= 15 is 0 Å². The zero-order valence-corrected chi connectivity index (χ0v) is 12.7. The summed E-state index contributed by atoms with van der Waals surface area (Å²) in [5.74, 6) is 0. The largest absolute Gasteiger partial charge is 0.347 e. The lowest BCUT2D eigenvalue weighted by Crippen LogP contribution is -2.21. The number of nitrogens with zero attached hydrogens (tertiary/aromatic N) is 2. The van der Waals surface area contributed by atoms with Crippen LogP contribution in [0.25, 0.3) is 10.9 Å². The summed E-state index contributed by atoms with van der Waals surface area (Å²) in [6, 6.07) is 11.1. The van der Waals surface area contributed by atoms with Gasteiger partial charge in [-0.1, -0.05) is 25.1 Å². The zero-order valence-electron chi connectivity index (χ0n) is 12.7. The normalized spacial score (nSPS) is 17.6. The Hall–Kier alpha value is -1.79. The molecule has 1 saturated carbocycles. The topological polar surface area (TPSA) is 54.7 Å². The summed E-state index contributed by atoms with van der Waals surface area (Å²) in [4.78, 5) is 0. The molecule has 0 bridgehead atoms. The summed E-state index contributed by atoms with van der Waals surface area (Å²) < 4.78 is 2.34. The van der Waals surface area contributed by atoms with E-state index in [1.807, 2.05) is 0 Å². The van der Waals surface area contributed by atoms with Crippen molar-refractivity contribution in [1.82, 2.24) is 4.57 Å². The minimum absolute atomic E-state index is 0.221. The van der Waals surface area contributed by atoms with Crippen molar-refractivity contribution in [3.8, 4) is 6.07 Å². The molecule has 0 saturated heterocycles. The third kappa shape index (κ3) is 2.82. The van der Waals surface area contributed by atoms with Gasteiger partial charge in [0.2, 0.25) is 0 Å². The van der Waals surface area contributed by atoms with E-state index in [1.54, 1.807) is 0 Å². The SMILES string of the molecule is CCC(N)Cc1cn(CC2(CC#N)CC2)c2ccccc12. The van der Waals surface area contributed by atoms with E-state index in [4.69, 9.17) is 11.0 Å². The summed E-state index contributed by atoms with van der Waals surface area (Å²) >= 11 is 0. The third-order valence-corrected chi connectivity index (χ3v) is 4.79. The fraction of sp³-hybridized carbons (Fsp3) is 0.500. The summed E-state index contributed by atoms with van der Waals surface area (Å²) in [6.45, 7) is 3.10. The number of rotatable bonds is 6. The molecule has 110 valence electrons. The molecule has 0 aliphatic heterocycles. The Labute approximate surface area is 126 Å². The fourth-order valence-electron chi connectivity index (χ4n) is 3.14. The molecule has 2 aromatic rings. The Morgan fingerprint density at radius 3 is 2.81 bits per heavy atom. The average molecular weight is 281 g/mol. The Bertz CT molecular complexity index is 673. The van der Waals surface area contributed by atoms with Crippen LogP contribution in [0.4, 0.5) is 0 Å². The van der Waals surface area contributed by atoms with Crippen LogP contribution in [0.1, 0.15) is 38.2 Å². The third-order valence-electron chi connectivity index (χ3n) is 4.79. The van der Waals surface area contributed by atoms with E-state index in [9.17, 15) is 0 Å². The monoisotopic (exact) mass is 281 g/mol. The maximum Gasteiger partial charge on any atom is 0.0628 e. The molecule has 21 heavy (non-hydrogen) atoms. The van der Waals surface area contributed by atoms with Crippen LogP contribution in [-0.4, -0.2) is 10.6 Å². The smallest absolute Gasteiger partial charge is 0.0628 e. The lowest BCUT2D eigenvalue weighted by Gasteiger charge is -2.13. The Morgan fingerprint density at radius 2 is 2.14 bits per heavy atom. The predicted molar refractivity (Wildman–Crippen MR) is 85.8 cm³/mol. The molecular formula is C18H23N3. The first-order valence-corrected chi connectivity index (χ1v) is 7.87. The predicted octanol–water partition coefficient (Wildman–Crippen LogP) is 3.61. The van der Waals surface area contributed by atoms with Crippen molar-refractivity contribution < 1.29 is 0 Å². The second-order valence-electron chi connectivity index (χ2n) is 6.51. The Morgan fingerprint density at radius 1 is 1.38 bits per heavy atom. The van der Waals surface area contributed by atoms with Gasteiger partial charge in [0.1, 0.15) is 0 Å². The summed E-state index contributed by atoms with van der Waals surface area (Å²) in [5, 5.41) is 10.3. The Kier molecular flexibility index (Phi) is 3.73. The first-order chi connectivity index (χ1) is 10.2. The van der Waals surface area contributed by atoms with Crippen molar-refractivity contribution in [3.63, 3.8) is 0 Å². The van der Waals surface area contributed by atoms with Gasteiger partial charge in [-0.2, -0.15) is 5.26 Å². The van der Waals surface area contributed by atoms with Gasteiger partial charge in [0.15, 0.2) is 0 Å². The van der Waals surface area contributed by atoms with Crippen LogP contribution in [-0.2, 0) is 13.0 Å². The molecule has 0 radical (unpaired) electrons. The molecule has 1 aromatic carbocycles. The molecule has 3 heteroatoms. The molecule has 1 fully saturated rings. The average Bonchev–Trinajstić information content (AvgIpc) is 3.17. The fourth-order valence-corrected chi connectivity index (χ4v) is 3.14. The highest BCUT2D eigenvalue weighted by Gasteiger charge is 2.42. The molecule has 0 spiro atoms. The van der Waals surface area contributed by atoms with Crippen LogP contribution >= 0.6 is 0 Å². The van der Waals surface area contributed by atoms with Crippen molar-refractivity contribution >= 4 is 10.9 Å². The standard InChI is InChI=1S/C18H23N3/c1-2-15(20)11-14-12-21(13-18(7-8-18)9-10-19)17-6-4-3-5-16(14)17/h3-6,12,15H,2,7-9,11,13,20H2,1H3. The molecule has 2 N–H and O–H groups in total. The van der Waals surface area contributed by atoms with Gasteiger partial charge in [0, 0.05) is 41.5 Å². The summed E-state index contributed by atoms with van der Waals surface area (Å²) in [7, 11) is 0. The van der Waals surface area contributed by atoms with Gasteiger partial charge in [-0.25, -0.2) is 0 Å². The number of hydrogen-bond acceptors (Lipinski definition) is 2. The van der Waals surface area contributed by atoms with Crippen molar-refractivity contribution in [2.45, 2.75) is 51.6 Å². The Balaban J connectivity index is 1.94. The van der Waals surface area contributed by atoms with Gasteiger partial charge in [-0.3, -0.25) is 0 Å². The van der Waals surface area contributed by atoms with Crippen molar-refractivity contribution in [3.05, 3.63) is 36.0 Å². The van der Waals surface area contributed by atoms with Gasteiger partial charge in [0.05, 0.1) is 6.07 Å². The molecule has 1 aliphatic carbocycles. The number of hydrogen-bond donors (Lipinski definition) is 1. The number of nitriles is 1. The van der Waals surface area contributed by atoms with E-state index in [0.29, 0.717) is 6.42 Å². The second kappa shape index (κ2) is 5.54. The number of para-hydroxylation sites is 1. The van der Waals surface area contributed by atoms with Gasteiger partial charge < -0.3 is 10.3 Å². The molecule has 1 unspecified atom stereocenters. The maximum atomic E-state index is 9.01. The molecule has 1 aromatic heterocycles. The van der Waals surface area contributed by atoms with Crippen LogP contribution in [0.3, 0.4) is 0 Å². The minimum atomic E-state index is 0.221. The molecular weight excluding hydrogens is 258 g/mol. The highest BCUT2D eigenvalue weighted by Crippen LogP contribution is 2.50. The van der Waals surface area contributed by atoms with Gasteiger partial charge >= 0.3 is 0 Å². The first-order valence-electron chi connectivity index (χ1n) is 7.87. The summed E-state index contributed by atoms with van der Waals surface area (Å²) in [6.07, 6.45) is 7.21. The molecule has 1 aliphatic rings. The number of aromatic nitrogens is 1. The number of fused-ring (bicyclic) bond motifs is 1. The zero-order chi connectivity index (χ0) is 14.9. The van der Waals surface area contributed by atoms with Gasteiger partial charge in [0.25, 0.3) is 0 Å². The lowest BCUT2D eigenvalue weighted by atomic mass is 10.0. The van der Waals surface area contributed by atoms with E-state index in [2.05, 4.69) is 48.0 Å². The number of benzene rings is 1. The first kappa shape index (κ1) is 14.2. The van der Waals surface area contributed by atoms with Crippen molar-refractivity contribution in [2.24, 2.45) is 11.1 Å². The highest BCUT2D eigenvalue weighted by atomic mass is 15.0. The van der Waals surface area contributed by atoms with Crippen LogP contribution in [0.2, 0.25) is 0 Å². The van der Waals surface area contributed by atoms with Crippen molar-refractivity contribution in [2.75, 3.05) is 0 Å². The molecule has 3 nitrogen and oxygen atoms in total. The summed E-state index contributed by atoms with van der Waals surface area (Å²) in [5.41, 5.74) is 8.98. The van der Waals surface area contributed by atoms with Gasteiger partial charge in [-0.15, -0.1) is 0 Å². The number of nitrogens with two attached hydrogens (primary N) is 1. The molecule has 1 atom stereocenters. The quantitative estimate of drug-likeness (QED) is 0.879. The molecule has 3 rings (SSSR count). The van der Waals surface area contributed by atoms with Crippen LogP contribution < -0.4 is 5.73 Å². The van der Waals surface area contributed by atoms with Crippen LogP contribution in [0.15, 0.2) is 30.5 Å². The van der Waals surface area contributed by atoms with E-state index in [0.717, 1.165) is 19.4 Å². The maximum absolute atomic E-state index is 9.01. The van der Waals surface area contributed by atoms with E-state index < -0.39 is 0 Å². The van der Waals surface area contributed by atoms with E-state index in [-0.39, 0.29) is 11.5 Å². The highest BCUT2D eigenvalue weighted by molar-refractivity contribution is 5.84. The van der Waals surface area contributed by atoms with Crippen molar-refractivity contribution in [1.29, 1.82) is 5.26 Å². The van der Waals surface area contributed by atoms with Crippen LogP contribution in [0, 0.1) is 16.7 Å². The second-order valence-corrected chi connectivity index (χ2v) is 6.51.